The number of hydrogen-bond acceptors (Lipinski definition) is 3. The molecular weight excluding hydrogens is 324 g/mol. The summed E-state index contributed by atoms with van der Waals surface area (Å²) in [5, 5.41) is 5.90. The van der Waals surface area contributed by atoms with E-state index in [0.29, 0.717) is 6.54 Å². The molecule has 5 heteroatoms. The topological polar surface area (TPSA) is 47.6 Å². The van der Waals surface area contributed by atoms with Crippen LogP contribution < -0.4 is 20.4 Å². The van der Waals surface area contributed by atoms with Gasteiger partial charge in [0.25, 0.3) is 0 Å². The van der Waals surface area contributed by atoms with Crippen molar-refractivity contribution in [2.24, 2.45) is 0 Å². The zero-order valence-corrected chi connectivity index (χ0v) is 16.1. The lowest BCUT2D eigenvalue weighted by Gasteiger charge is -2.27. The maximum Gasteiger partial charge on any atom is 0.319 e. The predicted molar refractivity (Wildman–Crippen MR) is 109 cm³/mol. The number of hydrogen-bond donors (Lipinski definition) is 2. The number of nitrogens with zero attached hydrogens (tertiary/aromatic N) is 2. The molecule has 0 aliphatic carbocycles. The molecule has 0 fully saturated rings. The highest BCUT2D eigenvalue weighted by atomic mass is 16.2. The Morgan fingerprint density at radius 1 is 1.19 bits per heavy atom. The van der Waals surface area contributed by atoms with Crippen LogP contribution in [-0.2, 0) is 13.0 Å². The molecule has 2 aromatic rings. The Balaban J connectivity index is 1.59. The Bertz CT molecular complexity index is 801. The number of urea groups is 1. The predicted octanol–water partition coefficient (Wildman–Crippen LogP) is 3.77. The number of anilines is 3. The Kier molecular flexibility index (Phi) is 5.35. The van der Waals surface area contributed by atoms with Crippen LogP contribution in [0.2, 0.25) is 0 Å². The number of nitrogens with one attached hydrogen (secondary N) is 2. The molecule has 1 heterocycles. The van der Waals surface area contributed by atoms with Crippen molar-refractivity contribution in [1.82, 2.24) is 5.32 Å². The molecule has 0 saturated carbocycles. The molecule has 1 aliphatic heterocycles. The van der Waals surface area contributed by atoms with Gasteiger partial charge in [0.15, 0.2) is 0 Å². The van der Waals surface area contributed by atoms with Crippen molar-refractivity contribution in [2.75, 3.05) is 42.8 Å². The molecule has 2 amide bonds. The first-order chi connectivity index (χ1) is 12.4. The van der Waals surface area contributed by atoms with E-state index in [1.54, 1.807) is 0 Å². The van der Waals surface area contributed by atoms with Crippen LogP contribution in [0.5, 0.6) is 0 Å². The molecule has 26 heavy (non-hydrogen) atoms. The fourth-order valence-electron chi connectivity index (χ4n) is 3.36. The van der Waals surface area contributed by atoms with Gasteiger partial charge in [-0.3, -0.25) is 0 Å². The van der Waals surface area contributed by atoms with Gasteiger partial charge in [-0.15, -0.1) is 0 Å². The minimum atomic E-state index is -0.180. The normalized spacial score (nSPS) is 13.2. The summed E-state index contributed by atoms with van der Waals surface area (Å²) in [6, 6.07) is 12.3. The van der Waals surface area contributed by atoms with Crippen LogP contribution in [-0.4, -0.2) is 33.7 Å². The third-order valence-corrected chi connectivity index (χ3v) is 4.92. The van der Waals surface area contributed by atoms with Gasteiger partial charge in [-0.05, 0) is 60.7 Å². The second-order valence-electron chi connectivity index (χ2n) is 7.19. The summed E-state index contributed by atoms with van der Waals surface area (Å²) < 4.78 is 0. The molecule has 0 bridgehead atoms. The number of amides is 2. The van der Waals surface area contributed by atoms with Crippen LogP contribution in [0, 0.1) is 6.92 Å². The number of carbonyl (C=O) groups excluding carboxylic acids is 1. The van der Waals surface area contributed by atoms with Crippen molar-refractivity contribution >= 4 is 23.1 Å². The lowest BCUT2D eigenvalue weighted by molar-refractivity contribution is 0.251. The number of benzene rings is 2. The Hall–Kier alpha value is -2.69. The van der Waals surface area contributed by atoms with Crippen LogP contribution in [0.3, 0.4) is 0 Å². The van der Waals surface area contributed by atoms with Crippen LogP contribution >= 0.6 is 0 Å². The largest absolute Gasteiger partial charge is 0.378 e. The van der Waals surface area contributed by atoms with E-state index in [1.165, 1.54) is 17.7 Å². The fourth-order valence-corrected chi connectivity index (χ4v) is 3.36. The van der Waals surface area contributed by atoms with Crippen molar-refractivity contribution < 1.29 is 4.79 Å². The first kappa shape index (κ1) is 18.1. The summed E-state index contributed by atoms with van der Waals surface area (Å²) in [5.41, 5.74) is 6.80. The SMILES string of the molecule is Cc1cc(N(C)C)ccc1NC(=O)NCc1ccc2c(c1)CCCN2C. The van der Waals surface area contributed by atoms with Gasteiger partial charge in [0.1, 0.15) is 0 Å². The van der Waals surface area contributed by atoms with Gasteiger partial charge in [0.2, 0.25) is 0 Å². The summed E-state index contributed by atoms with van der Waals surface area (Å²) in [6.45, 7) is 3.64. The second kappa shape index (κ2) is 7.68. The minimum Gasteiger partial charge on any atom is -0.378 e. The van der Waals surface area contributed by atoms with Crippen LogP contribution in [0.15, 0.2) is 36.4 Å². The van der Waals surface area contributed by atoms with Gasteiger partial charge in [0.05, 0.1) is 0 Å². The quantitative estimate of drug-likeness (QED) is 0.881. The van der Waals surface area contributed by atoms with E-state index in [4.69, 9.17) is 0 Å². The summed E-state index contributed by atoms with van der Waals surface area (Å²) in [7, 11) is 6.14. The van der Waals surface area contributed by atoms with Crippen molar-refractivity contribution in [3.63, 3.8) is 0 Å². The highest BCUT2D eigenvalue weighted by Crippen LogP contribution is 2.26. The average molecular weight is 352 g/mol. The molecule has 2 aromatic carbocycles. The summed E-state index contributed by atoms with van der Waals surface area (Å²) >= 11 is 0. The molecule has 2 N–H and O–H groups in total. The van der Waals surface area contributed by atoms with Crippen LogP contribution in [0.1, 0.15) is 23.1 Å². The van der Waals surface area contributed by atoms with Gasteiger partial charge < -0.3 is 20.4 Å². The summed E-state index contributed by atoms with van der Waals surface area (Å²) in [4.78, 5) is 16.6. The van der Waals surface area contributed by atoms with E-state index < -0.39 is 0 Å². The number of aryl methyl sites for hydroxylation is 2. The molecule has 0 saturated heterocycles. The maximum absolute atomic E-state index is 12.3. The van der Waals surface area contributed by atoms with Gasteiger partial charge in [-0.1, -0.05) is 12.1 Å². The van der Waals surface area contributed by atoms with E-state index in [2.05, 4.69) is 46.8 Å². The molecule has 0 aromatic heterocycles. The van der Waals surface area contributed by atoms with Gasteiger partial charge in [-0.2, -0.15) is 0 Å². The van der Waals surface area contributed by atoms with Crippen molar-refractivity contribution in [3.8, 4) is 0 Å². The lowest BCUT2D eigenvalue weighted by atomic mass is 9.99. The Labute approximate surface area is 156 Å². The third kappa shape index (κ3) is 4.10. The maximum atomic E-state index is 12.3. The molecule has 138 valence electrons. The van der Waals surface area contributed by atoms with E-state index in [-0.39, 0.29) is 6.03 Å². The van der Waals surface area contributed by atoms with E-state index in [9.17, 15) is 4.79 Å². The summed E-state index contributed by atoms with van der Waals surface area (Å²) in [6.07, 6.45) is 2.29. The van der Waals surface area contributed by atoms with Crippen molar-refractivity contribution in [2.45, 2.75) is 26.3 Å². The molecule has 3 rings (SSSR count). The molecule has 0 unspecified atom stereocenters. The number of carbonyl (C=O) groups is 1. The van der Waals surface area contributed by atoms with Gasteiger partial charge in [-0.25, -0.2) is 4.79 Å². The lowest BCUT2D eigenvalue weighted by Crippen LogP contribution is -2.29. The minimum absolute atomic E-state index is 0.180. The average Bonchev–Trinajstić information content (AvgIpc) is 2.61. The van der Waals surface area contributed by atoms with E-state index in [0.717, 1.165) is 35.5 Å². The first-order valence-electron chi connectivity index (χ1n) is 9.10. The zero-order valence-electron chi connectivity index (χ0n) is 16.1. The summed E-state index contributed by atoms with van der Waals surface area (Å²) in [5.74, 6) is 0. The monoisotopic (exact) mass is 352 g/mol. The number of rotatable bonds is 4. The second-order valence-corrected chi connectivity index (χ2v) is 7.19. The molecule has 0 spiro atoms. The molecule has 0 atom stereocenters. The first-order valence-corrected chi connectivity index (χ1v) is 9.10. The smallest absolute Gasteiger partial charge is 0.319 e. The molecular formula is C21H28N4O. The highest BCUT2D eigenvalue weighted by Gasteiger charge is 2.14. The molecule has 5 nitrogen and oxygen atoms in total. The van der Waals surface area contributed by atoms with E-state index in [1.807, 2.05) is 38.1 Å². The van der Waals surface area contributed by atoms with Gasteiger partial charge >= 0.3 is 6.03 Å². The zero-order chi connectivity index (χ0) is 18.7. The molecule has 1 aliphatic rings. The van der Waals surface area contributed by atoms with Gasteiger partial charge in [0, 0.05) is 51.3 Å². The van der Waals surface area contributed by atoms with Crippen molar-refractivity contribution in [3.05, 3.63) is 53.1 Å². The van der Waals surface area contributed by atoms with Crippen molar-refractivity contribution in [1.29, 1.82) is 0 Å². The Morgan fingerprint density at radius 2 is 2.00 bits per heavy atom. The Morgan fingerprint density at radius 3 is 2.73 bits per heavy atom. The number of fused-ring (bicyclic) bond motifs is 1. The van der Waals surface area contributed by atoms with Crippen LogP contribution in [0.4, 0.5) is 21.9 Å². The standard InChI is InChI=1S/C21H28N4O/c1-15-12-18(24(2)3)8-9-19(15)23-21(26)22-14-16-7-10-20-17(13-16)6-5-11-25(20)4/h7-10,12-13H,5-6,11,14H2,1-4H3,(H2,22,23,26). The highest BCUT2D eigenvalue weighted by molar-refractivity contribution is 5.90. The van der Waals surface area contributed by atoms with E-state index >= 15 is 0 Å². The van der Waals surface area contributed by atoms with Crippen LogP contribution in [0.25, 0.3) is 0 Å². The fraction of sp³-hybridized carbons (Fsp3) is 0.381. The molecule has 0 radical (unpaired) electrons. The third-order valence-electron chi connectivity index (χ3n) is 4.92.